The van der Waals surface area contributed by atoms with E-state index in [0.717, 1.165) is 22.4 Å². The van der Waals surface area contributed by atoms with Crippen LogP contribution < -0.4 is 0 Å². The van der Waals surface area contributed by atoms with E-state index >= 15 is 0 Å². The maximum atomic E-state index is 11.3. The van der Waals surface area contributed by atoms with Gasteiger partial charge in [0.1, 0.15) is 0 Å². The lowest BCUT2D eigenvalue weighted by atomic mass is 10.0. The van der Waals surface area contributed by atoms with Crippen molar-refractivity contribution in [3.8, 4) is 11.3 Å². The first-order valence-electron chi connectivity index (χ1n) is 6.41. The molecule has 1 aromatic carbocycles. The fourth-order valence-corrected chi connectivity index (χ4v) is 2.80. The number of benzene rings is 1. The second kappa shape index (κ2) is 5.40. The third-order valence-electron chi connectivity index (χ3n) is 3.19. The summed E-state index contributed by atoms with van der Waals surface area (Å²) in [6.45, 7) is 8.00. The van der Waals surface area contributed by atoms with Crippen LogP contribution in [0, 0.1) is 13.8 Å². The highest BCUT2D eigenvalue weighted by atomic mass is 79.9. The first-order valence-corrected chi connectivity index (χ1v) is 7.21. The van der Waals surface area contributed by atoms with Crippen molar-refractivity contribution in [1.82, 2.24) is 9.78 Å². The number of hydrogen-bond acceptors (Lipinski definition) is 2. The second-order valence-electron chi connectivity index (χ2n) is 5.17. The minimum Gasteiger partial charge on any atom is -0.476 e. The number of halogens is 1. The first-order chi connectivity index (χ1) is 9.32. The van der Waals surface area contributed by atoms with Gasteiger partial charge >= 0.3 is 5.97 Å². The summed E-state index contributed by atoms with van der Waals surface area (Å²) in [5.74, 6) is -1.03. The molecule has 0 spiro atoms. The highest BCUT2D eigenvalue weighted by Crippen LogP contribution is 2.35. The zero-order chi connectivity index (χ0) is 15.0. The van der Waals surface area contributed by atoms with Crippen molar-refractivity contribution in [1.29, 1.82) is 0 Å². The molecule has 106 valence electrons. The highest BCUT2D eigenvalue weighted by Gasteiger charge is 2.24. The molecule has 0 amide bonds. The number of carboxylic acids is 1. The van der Waals surface area contributed by atoms with Gasteiger partial charge in [-0.15, -0.1) is 0 Å². The zero-order valence-electron chi connectivity index (χ0n) is 11.9. The molecule has 0 saturated heterocycles. The third-order valence-corrected chi connectivity index (χ3v) is 3.94. The summed E-state index contributed by atoms with van der Waals surface area (Å²) in [6.07, 6.45) is 0. The normalized spacial score (nSPS) is 11.1. The van der Waals surface area contributed by atoms with E-state index in [1.807, 2.05) is 39.8 Å². The Kier molecular flexibility index (Phi) is 3.99. The van der Waals surface area contributed by atoms with Crippen LogP contribution in [0.2, 0.25) is 0 Å². The van der Waals surface area contributed by atoms with Gasteiger partial charge < -0.3 is 5.11 Å². The molecule has 0 fully saturated rings. The number of aryl methyl sites for hydroxylation is 2. The monoisotopic (exact) mass is 336 g/mol. The molecule has 0 saturated carbocycles. The van der Waals surface area contributed by atoms with Crippen molar-refractivity contribution in [2.24, 2.45) is 0 Å². The van der Waals surface area contributed by atoms with Gasteiger partial charge in [0, 0.05) is 11.6 Å². The van der Waals surface area contributed by atoms with Gasteiger partial charge in [0.15, 0.2) is 5.69 Å². The van der Waals surface area contributed by atoms with Gasteiger partial charge in [-0.25, -0.2) is 4.79 Å². The van der Waals surface area contributed by atoms with E-state index in [0.29, 0.717) is 4.47 Å². The summed E-state index contributed by atoms with van der Waals surface area (Å²) in [6, 6.07) is 6.21. The van der Waals surface area contributed by atoms with Crippen LogP contribution in [-0.2, 0) is 0 Å². The average molecular weight is 337 g/mol. The van der Waals surface area contributed by atoms with Crippen LogP contribution in [0.3, 0.4) is 0 Å². The Balaban J connectivity index is 2.78. The van der Waals surface area contributed by atoms with Gasteiger partial charge in [-0.3, -0.25) is 4.68 Å². The van der Waals surface area contributed by atoms with Crippen molar-refractivity contribution < 1.29 is 9.90 Å². The average Bonchev–Trinajstić information content (AvgIpc) is 2.70. The molecule has 20 heavy (non-hydrogen) atoms. The summed E-state index contributed by atoms with van der Waals surface area (Å²) in [4.78, 5) is 11.3. The molecule has 0 aliphatic rings. The fourth-order valence-electron chi connectivity index (χ4n) is 2.16. The Hall–Kier alpha value is -1.62. The van der Waals surface area contributed by atoms with Crippen LogP contribution in [0.25, 0.3) is 11.3 Å². The number of carboxylic acid groups (broad SMARTS) is 1. The van der Waals surface area contributed by atoms with Crippen LogP contribution in [0.4, 0.5) is 0 Å². The summed E-state index contributed by atoms with van der Waals surface area (Å²) < 4.78 is 2.29. The van der Waals surface area contributed by atoms with Gasteiger partial charge in [0.2, 0.25) is 0 Å². The van der Waals surface area contributed by atoms with Gasteiger partial charge in [-0.2, -0.15) is 5.10 Å². The third kappa shape index (κ3) is 2.50. The topological polar surface area (TPSA) is 55.1 Å². The van der Waals surface area contributed by atoms with E-state index in [1.165, 1.54) is 0 Å². The van der Waals surface area contributed by atoms with Crippen LogP contribution in [0.15, 0.2) is 22.7 Å². The van der Waals surface area contributed by atoms with Crippen molar-refractivity contribution in [2.45, 2.75) is 33.7 Å². The van der Waals surface area contributed by atoms with Crippen LogP contribution in [0.1, 0.15) is 41.5 Å². The quantitative estimate of drug-likeness (QED) is 0.913. The molecule has 0 aliphatic carbocycles. The second-order valence-corrected chi connectivity index (χ2v) is 5.97. The molecule has 0 unspecified atom stereocenters. The minimum absolute atomic E-state index is 0.0506. The van der Waals surface area contributed by atoms with E-state index in [-0.39, 0.29) is 11.7 Å². The number of aromatic nitrogens is 2. The zero-order valence-corrected chi connectivity index (χ0v) is 13.5. The van der Waals surface area contributed by atoms with Gasteiger partial charge in [0.05, 0.1) is 10.2 Å². The molecule has 0 bridgehead atoms. The van der Waals surface area contributed by atoms with Crippen LogP contribution >= 0.6 is 15.9 Å². The van der Waals surface area contributed by atoms with E-state index in [9.17, 15) is 9.90 Å². The largest absolute Gasteiger partial charge is 0.476 e. The standard InChI is InChI=1S/C15H17BrN2O2/c1-8(2)18-14(12(16)13(17-18)15(19)20)11-7-9(3)5-6-10(11)4/h5-8H,1-4H3,(H,19,20). The number of nitrogens with zero attached hydrogens (tertiary/aromatic N) is 2. The predicted octanol–water partition coefficient (Wildman–Crippen LogP) is 4.21. The van der Waals surface area contributed by atoms with E-state index < -0.39 is 5.97 Å². The Labute approximate surface area is 126 Å². The number of aromatic carboxylic acids is 1. The molecule has 1 aromatic heterocycles. The van der Waals surface area contributed by atoms with Gasteiger partial charge in [0.25, 0.3) is 0 Å². The molecule has 0 aliphatic heterocycles. The molecule has 2 rings (SSSR count). The Morgan fingerprint density at radius 1 is 1.35 bits per heavy atom. The summed E-state index contributed by atoms with van der Waals surface area (Å²) in [5, 5.41) is 13.5. The smallest absolute Gasteiger partial charge is 0.357 e. The SMILES string of the molecule is Cc1ccc(C)c(-c2c(Br)c(C(=O)O)nn2C(C)C)c1. The van der Waals surface area contributed by atoms with Gasteiger partial charge in [-0.05, 0) is 55.3 Å². The lowest BCUT2D eigenvalue weighted by Gasteiger charge is -2.14. The molecule has 2 aromatic rings. The summed E-state index contributed by atoms with van der Waals surface area (Å²) in [7, 11) is 0. The fraction of sp³-hybridized carbons (Fsp3) is 0.333. The lowest BCUT2D eigenvalue weighted by molar-refractivity contribution is 0.0688. The first kappa shape index (κ1) is 14.8. The van der Waals surface area contributed by atoms with Crippen LogP contribution in [0.5, 0.6) is 0 Å². The predicted molar refractivity (Wildman–Crippen MR) is 82.2 cm³/mol. The highest BCUT2D eigenvalue weighted by molar-refractivity contribution is 9.10. The van der Waals surface area contributed by atoms with Crippen molar-refractivity contribution in [3.63, 3.8) is 0 Å². The molecule has 4 nitrogen and oxygen atoms in total. The van der Waals surface area contributed by atoms with Gasteiger partial charge in [-0.1, -0.05) is 17.7 Å². The van der Waals surface area contributed by atoms with Crippen molar-refractivity contribution in [2.75, 3.05) is 0 Å². The van der Waals surface area contributed by atoms with Crippen LogP contribution in [-0.4, -0.2) is 20.9 Å². The summed E-state index contributed by atoms with van der Waals surface area (Å²) in [5.41, 5.74) is 4.10. The summed E-state index contributed by atoms with van der Waals surface area (Å²) >= 11 is 3.40. The number of rotatable bonds is 3. The van der Waals surface area contributed by atoms with E-state index in [1.54, 1.807) is 4.68 Å². The Bertz CT molecular complexity index is 675. The maximum absolute atomic E-state index is 11.3. The Morgan fingerprint density at radius 3 is 2.55 bits per heavy atom. The molecule has 0 radical (unpaired) electrons. The van der Waals surface area contributed by atoms with E-state index in [2.05, 4.69) is 27.1 Å². The maximum Gasteiger partial charge on any atom is 0.357 e. The molecule has 0 atom stereocenters. The van der Waals surface area contributed by atoms with E-state index in [4.69, 9.17) is 0 Å². The Morgan fingerprint density at radius 2 is 2.00 bits per heavy atom. The lowest BCUT2D eigenvalue weighted by Crippen LogP contribution is -2.07. The number of hydrogen-bond donors (Lipinski definition) is 1. The molecular formula is C15H17BrN2O2. The molecule has 1 heterocycles. The molecule has 5 heteroatoms. The van der Waals surface area contributed by atoms with Crippen molar-refractivity contribution in [3.05, 3.63) is 39.5 Å². The van der Waals surface area contributed by atoms with Crippen molar-refractivity contribution >= 4 is 21.9 Å². The minimum atomic E-state index is -1.03. The number of carbonyl (C=O) groups is 1. The molecular weight excluding hydrogens is 320 g/mol. The molecule has 1 N–H and O–H groups in total.